The maximum Gasteiger partial charge on any atom is 0.301 e. The second-order valence-electron chi connectivity index (χ2n) is 3.49. The van der Waals surface area contributed by atoms with Gasteiger partial charge >= 0.3 is 10.2 Å². The molecule has 0 aliphatic carbocycles. The van der Waals surface area contributed by atoms with Crippen LogP contribution in [0.15, 0.2) is 18.2 Å². The van der Waals surface area contributed by atoms with E-state index in [4.69, 9.17) is 9.47 Å². The van der Waals surface area contributed by atoms with Crippen LogP contribution >= 0.6 is 0 Å². The maximum atomic E-state index is 11.6. The summed E-state index contributed by atoms with van der Waals surface area (Å²) in [6.07, 6.45) is 0. The molecule has 0 unspecified atom stereocenters. The van der Waals surface area contributed by atoms with Crippen molar-refractivity contribution in [2.45, 2.75) is 0 Å². The molecule has 1 aromatic rings. The smallest absolute Gasteiger partial charge is 0.301 e. The van der Waals surface area contributed by atoms with Crippen LogP contribution < -0.4 is 14.2 Å². The molecular formula is C10H16N2O4S. The molecule has 0 fully saturated rings. The molecule has 0 saturated carbocycles. The van der Waals surface area contributed by atoms with Gasteiger partial charge in [0.2, 0.25) is 0 Å². The zero-order valence-electron chi connectivity index (χ0n) is 10.2. The van der Waals surface area contributed by atoms with E-state index in [2.05, 4.69) is 4.72 Å². The third-order valence-electron chi connectivity index (χ3n) is 2.08. The zero-order chi connectivity index (χ0) is 13.1. The molecule has 96 valence electrons. The van der Waals surface area contributed by atoms with Crippen LogP contribution in [0.1, 0.15) is 0 Å². The lowest BCUT2D eigenvalue weighted by Gasteiger charge is -2.14. The van der Waals surface area contributed by atoms with Crippen LogP contribution in [0.4, 0.5) is 5.69 Å². The van der Waals surface area contributed by atoms with Crippen molar-refractivity contribution in [1.82, 2.24) is 4.31 Å². The lowest BCUT2D eigenvalue weighted by Crippen LogP contribution is -2.28. The van der Waals surface area contributed by atoms with Crippen LogP contribution in [0.2, 0.25) is 0 Å². The van der Waals surface area contributed by atoms with Gasteiger partial charge in [0.05, 0.1) is 19.9 Å². The highest BCUT2D eigenvalue weighted by Gasteiger charge is 2.14. The number of hydrogen-bond acceptors (Lipinski definition) is 4. The molecule has 0 amide bonds. The van der Waals surface area contributed by atoms with Gasteiger partial charge < -0.3 is 9.47 Å². The van der Waals surface area contributed by atoms with Gasteiger partial charge in [0.25, 0.3) is 0 Å². The highest BCUT2D eigenvalue weighted by atomic mass is 32.2. The Morgan fingerprint density at radius 2 is 1.53 bits per heavy atom. The summed E-state index contributed by atoms with van der Waals surface area (Å²) < 4.78 is 36.8. The minimum atomic E-state index is -3.53. The second kappa shape index (κ2) is 5.24. The summed E-state index contributed by atoms with van der Waals surface area (Å²) in [4.78, 5) is 0. The Bertz CT molecular complexity index is 463. The highest BCUT2D eigenvalue weighted by Crippen LogP contribution is 2.26. The number of hydrogen-bond donors (Lipinski definition) is 1. The largest absolute Gasteiger partial charge is 0.497 e. The Hall–Kier alpha value is -1.47. The Morgan fingerprint density at radius 3 is 1.88 bits per heavy atom. The fourth-order valence-corrected chi connectivity index (χ4v) is 1.70. The Kier molecular flexibility index (Phi) is 4.19. The molecule has 7 heteroatoms. The van der Waals surface area contributed by atoms with Crippen LogP contribution in [0.25, 0.3) is 0 Å². The molecule has 1 rings (SSSR count). The predicted molar refractivity (Wildman–Crippen MR) is 65.8 cm³/mol. The highest BCUT2D eigenvalue weighted by molar-refractivity contribution is 7.90. The molecule has 0 radical (unpaired) electrons. The fraction of sp³-hybridized carbons (Fsp3) is 0.400. The van der Waals surface area contributed by atoms with Gasteiger partial charge in [-0.1, -0.05) is 0 Å². The zero-order valence-corrected chi connectivity index (χ0v) is 11.0. The van der Waals surface area contributed by atoms with E-state index in [0.717, 1.165) is 4.31 Å². The van der Waals surface area contributed by atoms with Crippen molar-refractivity contribution in [2.75, 3.05) is 33.0 Å². The van der Waals surface area contributed by atoms with Gasteiger partial charge in [-0.2, -0.15) is 12.7 Å². The molecule has 0 atom stereocenters. The average Bonchev–Trinajstić information content (AvgIpc) is 2.27. The number of benzene rings is 1. The maximum absolute atomic E-state index is 11.6. The standard InChI is InChI=1S/C10H16N2O4S/c1-12(2)17(13,14)11-8-5-9(15-3)7-10(6-8)16-4/h5-7,11H,1-4H3. The molecule has 0 bridgehead atoms. The van der Waals surface area contributed by atoms with Gasteiger partial charge in [-0.25, -0.2) is 0 Å². The molecule has 1 N–H and O–H groups in total. The summed E-state index contributed by atoms with van der Waals surface area (Å²) in [6, 6.07) is 4.81. The summed E-state index contributed by atoms with van der Waals surface area (Å²) in [5.41, 5.74) is 0.384. The Labute approximate surface area is 101 Å². The minimum absolute atomic E-state index is 0.384. The molecule has 0 aromatic heterocycles. The summed E-state index contributed by atoms with van der Waals surface area (Å²) in [6.45, 7) is 0. The van der Waals surface area contributed by atoms with E-state index in [-0.39, 0.29) is 0 Å². The molecule has 0 heterocycles. The molecule has 0 spiro atoms. The number of rotatable bonds is 5. The first kappa shape index (κ1) is 13.6. The molecule has 17 heavy (non-hydrogen) atoms. The third kappa shape index (κ3) is 3.50. The van der Waals surface area contributed by atoms with Crippen molar-refractivity contribution in [3.8, 4) is 11.5 Å². The topological polar surface area (TPSA) is 67.9 Å². The molecule has 6 nitrogen and oxygen atoms in total. The fourth-order valence-electron chi connectivity index (χ4n) is 1.11. The van der Waals surface area contributed by atoms with E-state index in [1.54, 1.807) is 18.2 Å². The minimum Gasteiger partial charge on any atom is -0.497 e. The first-order chi connectivity index (χ1) is 7.89. The van der Waals surface area contributed by atoms with E-state index < -0.39 is 10.2 Å². The van der Waals surface area contributed by atoms with Crippen LogP contribution in [-0.4, -0.2) is 41.0 Å². The number of nitrogens with zero attached hydrogens (tertiary/aromatic N) is 1. The Balaban J connectivity index is 3.06. The van der Waals surface area contributed by atoms with Crippen molar-refractivity contribution >= 4 is 15.9 Å². The summed E-state index contributed by atoms with van der Waals surface area (Å²) >= 11 is 0. The van der Waals surface area contributed by atoms with Crippen molar-refractivity contribution in [1.29, 1.82) is 0 Å². The van der Waals surface area contributed by atoms with Gasteiger partial charge in [0, 0.05) is 32.3 Å². The molecule has 0 aliphatic heterocycles. The van der Waals surface area contributed by atoms with Gasteiger partial charge in [-0.3, -0.25) is 4.72 Å². The molecule has 0 aliphatic rings. The molecular weight excluding hydrogens is 244 g/mol. The lowest BCUT2D eigenvalue weighted by atomic mass is 10.3. The van der Waals surface area contributed by atoms with Crippen LogP contribution in [0, 0.1) is 0 Å². The first-order valence-electron chi connectivity index (χ1n) is 4.82. The lowest BCUT2D eigenvalue weighted by molar-refractivity contribution is 0.395. The molecule has 0 saturated heterocycles. The SMILES string of the molecule is COc1cc(NS(=O)(=O)N(C)C)cc(OC)c1. The van der Waals surface area contributed by atoms with Gasteiger partial charge in [0.15, 0.2) is 0 Å². The van der Waals surface area contributed by atoms with Crippen molar-refractivity contribution < 1.29 is 17.9 Å². The van der Waals surface area contributed by atoms with Gasteiger partial charge in [0.1, 0.15) is 11.5 Å². The molecule has 1 aromatic carbocycles. The summed E-state index contributed by atoms with van der Waals surface area (Å²) in [7, 11) is 2.36. The summed E-state index contributed by atoms with van der Waals surface area (Å²) in [5, 5.41) is 0. The number of nitrogens with one attached hydrogen (secondary N) is 1. The van der Waals surface area contributed by atoms with E-state index in [0.29, 0.717) is 17.2 Å². The first-order valence-corrected chi connectivity index (χ1v) is 6.26. The van der Waals surface area contributed by atoms with Crippen LogP contribution in [-0.2, 0) is 10.2 Å². The van der Waals surface area contributed by atoms with Gasteiger partial charge in [-0.15, -0.1) is 0 Å². The number of ether oxygens (including phenoxy) is 2. The predicted octanol–water partition coefficient (Wildman–Crippen LogP) is 0.922. The van der Waals surface area contributed by atoms with Crippen molar-refractivity contribution in [3.05, 3.63) is 18.2 Å². The number of methoxy groups -OCH3 is 2. The van der Waals surface area contributed by atoms with E-state index in [9.17, 15) is 8.42 Å². The third-order valence-corrected chi connectivity index (χ3v) is 3.53. The number of anilines is 1. The van der Waals surface area contributed by atoms with E-state index >= 15 is 0 Å². The van der Waals surface area contributed by atoms with Crippen LogP contribution in [0.3, 0.4) is 0 Å². The second-order valence-corrected chi connectivity index (χ2v) is 5.38. The average molecular weight is 260 g/mol. The monoisotopic (exact) mass is 260 g/mol. The van der Waals surface area contributed by atoms with Gasteiger partial charge in [-0.05, 0) is 0 Å². The van der Waals surface area contributed by atoms with E-state index in [1.807, 2.05) is 0 Å². The summed E-state index contributed by atoms with van der Waals surface area (Å²) in [5.74, 6) is 1.03. The quantitative estimate of drug-likeness (QED) is 0.855. The van der Waals surface area contributed by atoms with Crippen molar-refractivity contribution in [3.63, 3.8) is 0 Å². The van der Waals surface area contributed by atoms with Crippen LogP contribution in [0.5, 0.6) is 11.5 Å². The Morgan fingerprint density at radius 1 is 1.06 bits per heavy atom. The van der Waals surface area contributed by atoms with Crippen molar-refractivity contribution in [2.24, 2.45) is 0 Å². The normalized spacial score (nSPS) is 11.4. The van der Waals surface area contributed by atoms with E-state index in [1.165, 1.54) is 28.3 Å².